The average molecular weight is 248 g/mol. The number of pyridine rings is 1. The Morgan fingerprint density at radius 3 is 2.18 bits per heavy atom. The van der Waals surface area contributed by atoms with E-state index < -0.39 is 0 Å². The van der Waals surface area contributed by atoms with E-state index in [-0.39, 0.29) is 0 Å². The summed E-state index contributed by atoms with van der Waals surface area (Å²) in [6.45, 7) is 11.3. The number of thiazole rings is 1. The van der Waals surface area contributed by atoms with Gasteiger partial charge >= 0.3 is 0 Å². The second kappa shape index (κ2) is 9.73. The Hall–Kier alpha value is -1.48. The van der Waals surface area contributed by atoms with E-state index in [1.165, 1.54) is 10.4 Å². The molecule has 0 unspecified atom stereocenters. The molecule has 0 bridgehead atoms. The van der Waals surface area contributed by atoms with Crippen molar-refractivity contribution in [3.63, 3.8) is 0 Å². The van der Waals surface area contributed by atoms with Gasteiger partial charge in [-0.1, -0.05) is 19.9 Å². The van der Waals surface area contributed by atoms with Crippen LogP contribution < -0.4 is 0 Å². The van der Waals surface area contributed by atoms with Crippen LogP contribution >= 0.6 is 11.3 Å². The van der Waals surface area contributed by atoms with Gasteiger partial charge < -0.3 is 0 Å². The fourth-order valence-corrected chi connectivity index (χ4v) is 1.79. The van der Waals surface area contributed by atoms with Gasteiger partial charge in [-0.3, -0.25) is 4.98 Å². The summed E-state index contributed by atoms with van der Waals surface area (Å²) in [5.74, 6) is 0. The van der Waals surface area contributed by atoms with Gasteiger partial charge in [-0.25, -0.2) is 4.98 Å². The Balaban J connectivity index is 0.000000450. The standard InChI is InChI=1S/C9H8N2S.C3H6.C2H6/c1-7-11-6-9(12-7)8-2-4-10-5-3-8;1-3-2;1-2/h2-6H,1H3;3H,1H2,2H3;1-2H3. The lowest BCUT2D eigenvalue weighted by atomic mass is 10.2. The molecule has 0 fully saturated rings. The largest absolute Gasteiger partial charge is 0.265 e. The van der Waals surface area contributed by atoms with E-state index in [1.54, 1.807) is 29.8 Å². The molecular weight excluding hydrogens is 228 g/mol. The van der Waals surface area contributed by atoms with E-state index in [0.717, 1.165) is 5.01 Å². The molecule has 92 valence electrons. The molecule has 0 saturated heterocycles. The SMILES string of the molecule is C=CC.CC.Cc1ncc(-c2ccncc2)s1. The van der Waals surface area contributed by atoms with Crippen LogP contribution in [-0.4, -0.2) is 9.97 Å². The van der Waals surface area contributed by atoms with Crippen LogP contribution in [0.15, 0.2) is 43.4 Å². The zero-order valence-electron chi connectivity index (χ0n) is 11.0. The lowest BCUT2D eigenvalue weighted by Gasteiger charge is -1.92. The fourth-order valence-electron chi connectivity index (χ4n) is 1.01. The Morgan fingerprint density at radius 2 is 1.76 bits per heavy atom. The van der Waals surface area contributed by atoms with Crippen LogP contribution in [0.1, 0.15) is 25.8 Å². The summed E-state index contributed by atoms with van der Waals surface area (Å²) in [4.78, 5) is 9.36. The number of hydrogen-bond donors (Lipinski definition) is 0. The van der Waals surface area contributed by atoms with Crippen molar-refractivity contribution in [2.75, 3.05) is 0 Å². The number of rotatable bonds is 1. The molecule has 0 spiro atoms. The molecule has 0 aliphatic carbocycles. The Morgan fingerprint density at radius 1 is 1.24 bits per heavy atom. The molecule has 17 heavy (non-hydrogen) atoms. The van der Waals surface area contributed by atoms with Crippen LogP contribution in [0.4, 0.5) is 0 Å². The lowest BCUT2D eigenvalue weighted by Crippen LogP contribution is -1.71. The monoisotopic (exact) mass is 248 g/mol. The van der Waals surface area contributed by atoms with Crippen LogP contribution in [0.5, 0.6) is 0 Å². The first-order valence-electron chi connectivity index (χ1n) is 5.67. The predicted molar refractivity (Wildman–Crippen MR) is 77.3 cm³/mol. The molecule has 0 radical (unpaired) electrons. The number of allylic oxidation sites excluding steroid dienone is 1. The first kappa shape index (κ1) is 15.5. The molecule has 2 rings (SSSR count). The summed E-state index contributed by atoms with van der Waals surface area (Å²) < 4.78 is 0. The third kappa shape index (κ3) is 5.97. The van der Waals surface area contributed by atoms with Crippen LogP contribution in [0.25, 0.3) is 10.4 Å². The molecule has 0 amide bonds. The van der Waals surface area contributed by atoms with Crippen LogP contribution in [-0.2, 0) is 0 Å². The van der Waals surface area contributed by atoms with Gasteiger partial charge in [0.1, 0.15) is 0 Å². The van der Waals surface area contributed by atoms with Crippen molar-refractivity contribution in [1.29, 1.82) is 0 Å². The lowest BCUT2D eigenvalue weighted by molar-refractivity contribution is 1.29. The predicted octanol–water partition coefficient (Wildman–Crippen LogP) is 4.73. The summed E-state index contributed by atoms with van der Waals surface area (Å²) >= 11 is 1.70. The molecule has 0 atom stereocenters. The Labute approximate surface area is 108 Å². The van der Waals surface area contributed by atoms with E-state index in [4.69, 9.17) is 0 Å². The first-order chi connectivity index (χ1) is 8.27. The zero-order chi connectivity index (χ0) is 13.1. The van der Waals surface area contributed by atoms with Crippen molar-refractivity contribution >= 4 is 11.3 Å². The van der Waals surface area contributed by atoms with Crippen molar-refractivity contribution in [1.82, 2.24) is 9.97 Å². The highest BCUT2D eigenvalue weighted by Crippen LogP contribution is 2.24. The van der Waals surface area contributed by atoms with Gasteiger partial charge in [-0.15, -0.1) is 17.9 Å². The Kier molecular flexibility index (Phi) is 8.88. The first-order valence-corrected chi connectivity index (χ1v) is 6.49. The van der Waals surface area contributed by atoms with E-state index in [2.05, 4.69) is 16.5 Å². The van der Waals surface area contributed by atoms with Crippen molar-refractivity contribution in [3.05, 3.63) is 48.4 Å². The smallest absolute Gasteiger partial charge is 0.0900 e. The normalized spacial score (nSPS) is 8.24. The summed E-state index contributed by atoms with van der Waals surface area (Å²) in [5, 5.41) is 1.10. The number of aryl methyl sites for hydroxylation is 1. The minimum absolute atomic E-state index is 1.10. The van der Waals surface area contributed by atoms with Crippen LogP contribution in [0.2, 0.25) is 0 Å². The van der Waals surface area contributed by atoms with Gasteiger partial charge in [0.25, 0.3) is 0 Å². The van der Waals surface area contributed by atoms with Crippen LogP contribution in [0, 0.1) is 6.92 Å². The van der Waals surface area contributed by atoms with E-state index in [1.807, 2.05) is 46.0 Å². The summed E-state index contributed by atoms with van der Waals surface area (Å²) in [6, 6.07) is 3.99. The minimum Gasteiger partial charge on any atom is -0.265 e. The highest BCUT2D eigenvalue weighted by atomic mass is 32.1. The van der Waals surface area contributed by atoms with Crippen molar-refractivity contribution in [3.8, 4) is 10.4 Å². The van der Waals surface area contributed by atoms with Crippen molar-refractivity contribution in [2.45, 2.75) is 27.7 Å². The van der Waals surface area contributed by atoms with Crippen molar-refractivity contribution < 1.29 is 0 Å². The number of hydrogen-bond acceptors (Lipinski definition) is 3. The average Bonchev–Trinajstić information content (AvgIpc) is 2.81. The third-order valence-corrected chi connectivity index (χ3v) is 2.55. The summed E-state index contributed by atoms with van der Waals surface area (Å²) in [7, 11) is 0. The van der Waals surface area contributed by atoms with Gasteiger partial charge in [0.2, 0.25) is 0 Å². The van der Waals surface area contributed by atoms with Gasteiger partial charge in [0, 0.05) is 18.6 Å². The molecule has 0 aliphatic rings. The molecule has 0 N–H and O–H groups in total. The topological polar surface area (TPSA) is 25.8 Å². The second-order valence-electron chi connectivity index (χ2n) is 2.89. The quantitative estimate of drug-likeness (QED) is 0.682. The Bertz CT molecular complexity index is 407. The molecule has 0 aliphatic heterocycles. The highest BCUT2D eigenvalue weighted by Gasteiger charge is 1.99. The summed E-state index contributed by atoms with van der Waals surface area (Å²) in [6.07, 6.45) is 7.24. The minimum atomic E-state index is 1.10. The van der Waals surface area contributed by atoms with E-state index in [0.29, 0.717) is 0 Å². The third-order valence-electron chi connectivity index (χ3n) is 1.59. The highest BCUT2D eigenvalue weighted by molar-refractivity contribution is 7.15. The van der Waals surface area contributed by atoms with Gasteiger partial charge in [0.15, 0.2) is 0 Å². The number of aromatic nitrogens is 2. The molecule has 2 nitrogen and oxygen atoms in total. The fraction of sp³-hybridized carbons (Fsp3) is 0.286. The molecule has 2 heterocycles. The number of nitrogens with zero attached hydrogens (tertiary/aromatic N) is 2. The maximum Gasteiger partial charge on any atom is 0.0900 e. The van der Waals surface area contributed by atoms with Crippen LogP contribution in [0.3, 0.4) is 0 Å². The zero-order valence-corrected chi connectivity index (χ0v) is 11.8. The maximum absolute atomic E-state index is 4.19. The van der Waals surface area contributed by atoms with Gasteiger partial charge in [-0.2, -0.15) is 0 Å². The molecule has 0 saturated carbocycles. The second-order valence-corrected chi connectivity index (χ2v) is 4.12. The van der Waals surface area contributed by atoms with E-state index in [9.17, 15) is 0 Å². The molecule has 2 aromatic rings. The van der Waals surface area contributed by atoms with Gasteiger partial charge in [-0.05, 0) is 31.5 Å². The van der Waals surface area contributed by atoms with Crippen molar-refractivity contribution in [2.24, 2.45) is 0 Å². The molecule has 0 aromatic carbocycles. The maximum atomic E-state index is 4.19. The molecule has 3 heteroatoms. The molecule has 2 aromatic heterocycles. The molecular formula is C14H20N2S. The van der Waals surface area contributed by atoms with Gasteiger partial charge in [0.05, 0.1) is 9.88 Å². The summed E-state index contributed by atoms with van der Waals surface area (Å²) in [5.41, 5.74) is 1.19. The van der Waals surface area contributed by atoms with E-state index >= 15 is 0 Å².